The zero-order valence-corrected chi connectivity index (χ0v) is 10.0. The van der Waals surface area contributed by atoms with E-state index in [1.807, 2.05) is 19.2 Å². The van der Waals surface area contributed by atoms with Gasteiger partial charge in [0.25, 0.3) is 0 Å². The maximum Gasteiger partial charge on any atom is 0.197 e. The molecule has 0 saturated carbocycles. The number of hydrogen-bond donors (Lipinski definition) is 4. The summed E-state index contributed by atoms with van der Waals surface area (Å²) >= 11 is 0. The lowest BCUT2D eigenvalue weighted by Crippen LogP contribution is -2.59. The van der Waals surface area contributed by atoms with Gasteiger partial charge in [-0.25, -0.2) is 4.99 Å². The maximum atomic E-state index is 5.95. The fourth-order valence-electron chi connectivity index (χ4n) is 2.11. The highest BCUT2D eigenvalue weighted by Gasteiger charge is 2.29. The van der Waals surface area contributed by atoms with Crippen LogP contribution in [0.4, 0.5) is 0 Å². The SMILES string of the molecule is CC1(N)C=CNC(NC2(C)CCCNC2)=N1. The number of aliphatic imine (C=N–C) groups is 1. The largest absolute Gasteiger partial charge is 0.350 e. The molecule has 16 heavy (non-hydrogen) atoms. The van der Waals surface area contributed by atoms with Gasteiger partial charge in [-0.3, -0.25) is 0 Å². The van der Waals surface area contributed by atoms with Crippen molar-refractivity contribution in [2.24, 2.45) is 10.7 Å². The highest BCUT2D eigenvalue weighted by molar-refractivity contribution is 5.83. The number of nitrogens with one attached hydrogen (secondary N) is 3. The van der Waals surface area contributed by atoms with Crippen molar-refractivity contribution in [3.05, 3.63) is 12.3 Å². The number of hydrogen-bond acceptors (Lipinski definition) is 5. The number of guanidine groups is 1. The third-order valence-electron chi connectivity index (χ3n) is 3.01. The van der Waals surface area contributed by atoms with Gasteiger partial charge in [0.2, 0.25) is 0 Å². The van der Waals surface area contributed by atoms with Crippen LogP contribution in [0.5, 0.6) is 0 Å². The molecule has 0 bridgehead atoms. The normalized spacial score (nSPS) is 38.8. The second-order valence-electron chi connectivity index (χ2n) is 5.13. The minimum atomic E-state index is -0.605. The average molecular weight is 223 g/mol. The van der Waals surface area contributed by atoms with Crippen molar-refractivity contribution >= 4 is 5.96 Å². The summed E-state index contributed by atoms with van der Waals surface area (Å²) in [5.41, 5.74) is 5.40. The van der Waals surface area contributed by atoms with Crippen LogP contribution in [0.1, 0.15) is 26.7 Å². The van der Waals surface area contributed by atoms with Crippen molar-refractivity contribution < 1.29 is 0 Å². The van der Waals surface area contributed by atoms with Crippen molar-refractivity contribution in [2.75, 3.05) is 13.1 Å². The quantitative estimate of drug-likeness (QED) is 0.499. The third-order valence-corrected chi connectivity index (χ3v) is 3.01. The van der Waals surface area contributed by atoms with Crippen molar-refractivity contribution in [1.29, 1.82) is 0 Å². The zero-order chi connectivity index (χ0) is 11.6. The Hall–Kier alpha value is -1.07. The topological polar surface area (TPSA) is 74.5 Å². The summed E-state index contributed by atoms with van der Waals surface area (Å²) in [4.78, 5) is 4.41. The molecule has 1 fully saturated rings. The Morgan fingerprint density at radius 3 is 2.94 bits per heavy atom. The van der Waals surface area contributed by atoms with E-state index < -0.39 is 5.66 Å². The molecule has 2 atom stereocenters. The van der Waals surface area contributed by atoms with Gasteiger partial charge in [0, 0.05) is 18.3 Å². The molecule has 0 amide bonds. The fraction of sp³-hybridized carbons (Fsp3) is 0.727. The Morgan fingerprint density at radius 2 is 2.31 bits per heavy atom. The third kappa shape index (κ3) is 2.74. The van der Waals surface area contributed by atoms with Crippen LogP contribution in [-0.4, -0.2) is 30.3 Å². The summed E-state index contributed by atoms with van der Waals surface area (Å²) in [6.07, 6.45) is 6.02. The van der Waals surface area contributed by atoms with E-state index in [4.69, 9.17) is 5.73 Å². The molecule has 2 unspecified atom stereocenters. The lowest BCUT2D eigenvalue weighted by molar-refractivity contribution is 0.306. The van der Waals surface area contributed by atoms with Gasteiger partial charge in [-0.2, -0.15) is 0 Å². The molecule has 5 N–H and O–H groups in total. The van der Waals surface area contributed by atoms with Crippen molar-refractivity contribution in [3.8, 4) is 0 Å². The first-order valence-electron chi connectivity index (χ1n) is 5.81. The Labute approximate surface area is 96.6 Å². The molecule has 0 aromatic heterocycles. The van der Waals surface area contributed by atoms with Crippen LogP contribution < -0.4 is 21.7 Å². The van der Waals surface area contributed by atoms with Gasteiger partial charge in [-0.05, 0) is 39.3 Å². The summed E-state index contributed by atoms with van der Waals surface area (Å²) in [7, 11) is 0. The first-order chi connectivity index (χ1) is 7.49. The van der Waals surface area contributed by atoms with Gasteiger partial charge < -0.3 is 21.7 Å². The minimum absolute atomic E-state index is 0.0609. The van der Waals surface area contributed by atoms with Crippen molar-refractivity contribution in [3.63, 3.8) is 0 Å². The van der Waals surface area contributed by atoms with Crippen LogP contribution in [0.2, 0.25) is 0 Å². The van der Waals surface area contributed by atoms with Gasteiger partial charge in [-0.15, -0.1) is 0 Å². The zero-order valence-electron chi connectivity index (χ0n) is 10.0. The average Bonchev–Trinajstić information content (AvgIpc) is 2.16. The molecule has 2 aliphatic rings. The second kappa shape index (κ2) is 4.07. The van der Waals surface area contributed by atoms with E-state index in [-0.39, 0.29) is 5.54 Å². The van der Waals surface area contributed by atoms with Gasteiger partial charge in [-0.1, -0.05) is 0 Å². The molecular formula is C11H21N5. The maximum absolute atomic E-state index is 5.95. The van der Waals surface area contributed by atoms with Gasteiger partial charge in [0.05, 0.1) is 0 Å². The first-order valence-corrected chi connectivity index (χ1v) is 5.81. The summed E-state index contributed by atoms with van der Waals surface area (Å²) in [6.45, 7) is 6.15. The summed E-state index contributed by atoms with van der Waals surface area (Å²) in [6, 6.07) is 0. The Kier molecular flexibility index (Phi) is 2.90. The molecule has 5 nitrogen and oxygen atoms in total. The highest BCUT2D eigenvalue weighted by atomic mass is 15.3. The molecule has 0 aromatic carbocycles. The fourth-order valence-corrected chi connectivity index (χ4v) is 2.11. The minimum Gasteiger partial charge on any atom is -0.350 e. The molecule has 0 aliphatic carbocycles. The standard InChI is InChI=1S/C11H21N5/c1-10(4-3-6-13-8-10)15-9-14-7-5-11(2,12)16-9/h5,7,13H,3-4,6,8,12H2,1-2H3,(H2,14,15,16). The molecule has 5 heteroatoms. The van der Waals surface area contributed by atoms with Crippen LogP contribution in [-0.2, 0) is 0 Å². The lowest BCUT2D eigenvalue weighted by Gasteiger charge is -2.37. The molecule has 90 valence electrons. The van der Waals surface area contributed by atoms with Crippen molar-refractivity contribution in [1.82, 2.24) is 16.0 Å². The molecular weight excluding hydrogens is 202 g/mol. The van der Waals surface area contributed by atoms with Crippen LogP contribution in [0.15, 0.2) is 17.3 Å². The lowest BCUT2D eigenvalue weighted by atomic mass is 9.92. The number of nitrogens with two attached hydrogens (primary N) is 1. The van der Waals surface area contributed by atoms with Gasteiger partial charge in [0.1, 0.15) is 5.66 Å². The Balaban J connectivity index is 2.01. The molecule has 0 spiro atoms. The van der Waals surface area contributed by atoms with E-state index in [9.17, 15) is 0 Å². The van der Waals surface area contributed by atoms with Crippen LogP contribution in [0.3, 0.4) is 0 Å². The molecule has 2 rings (SSSR count). The number of piperidine rings is 1. The smallest absolute Gasteiger partial charge is 0.197 e. The number of rotatable bonds is 1. The van der Waals surface area contributed by atoms with Crippen LogP contribution >= 0.6 is 0 Å². The summed E-state index contributed by atoms with van der Waals surface area (Å²) < 4.78 is 0. The predicted octanol–water partition coefficient (Wildman–Crippen LogP) is -0.134. The van der Waals surface area contributed by atoms with Crippen LogP contribution in [0, 0.1) is 0 Å². The van der Waals surface area contributed by atoms with Crippen LogP contribution in [0.25, 0.3) is 0 Å². The number of nitrogens with zero attached hydrogens (tertiary/aromatic N) is 1. The second-order valence-corrected chi connectivity index (χ2v) is 5.13. The van der Waals surface area contributed by atoms with E-state index in [2.05, 4.69) is 27.9 Å². The monoisotopic (exact) mass is 223 g/mol. The Bertz CT molecular complexity index is 312. The molecule has 0 aromatic rings. The van der Waals surface area contributed by atoms with E-state index in [1.165, 1.54) is 6.42 Å². The van der Waals surface area contributed by atoms with Gasteiger partial charge >= 0.3 is 0 Å². The van der Waals surface area contributed by atoms with E-state index >= 15 is 0 Å². The van der Waals surface area contributed by atoms with E-state index in [1.54, 1.807) is 0 Å². The highest BCUT2D eigenvalue weighted by Crippen LogP contribution is 2.16. The Morgan fingerprint density at radius 1 is 1.50 bits per heavy atom. The van der Waals surface area contributed by atoms with E-state index in [0.717, 1.165) is 25.5 Å². The van der Waals surface area contributed by atoms with Crippen molar-refractivity contribution in [2.45, 2.75) is 37.9 Å². The first kappa shape index (κ1) is 11.4. The molecule has 0 radical (unpaired) electrons. The molecule has 2 heterocycles. The summed E-state index contributed by atoms with van der Waals surface area (Å²) in [5, 5.41) is 9.92. The predicted molar refractivity (Wildman–Crippen MR) is 65.9 cm³/mol. The van der Waals surface area contributed by atoms with E-state index in [0.29, 0.717) is 0 Å². The summed E-state index contributed by atoms with van der Waals surface area (Å²) in [5.74, 6) is 0.763. The van der Waals surface area contributed by atoms with Gasteiger partial charge in [0.15, 0.2) is 5.96 Å². The molecule has 1 saturated heterocycles. The molecule has 2 aliphatic heterocycles.